The number of nitriles is 1. The van der Waals surface area contributed by atoms with Gasteiger partial charge in [0.25, 0.3) is 5.91 Å². The van der Waals surface area contributed by atoms with Crippen molar-refractivity contribution in [2.24, 2.45) is 0 Å². The topological polar surface area (TPSA) is 44.1 Å². The SMILES string of the molecule is Cc1ccc(C(=O)N(C)c2ccccc2C#N)cc1. The van der Waals surface area contributed by atoms with Gasteiger partial charge in [-0.1, -0.05) is 29.8 Å². The van der Waals surface area contributed by atoms with Crippen molar-refractivity contribution in [2.45, 2.75) is 6.92 Å². The number of para-hydroxylation sites is 1. The smallest absolute Gasteiger partial charge is 0.258 e. The quantitative estimate of drug-likeness (QED) is 0.821. The minimum Gasteiger partial charge on any atom is -0.310 e. The van der Waals surface area contributed by atoms with Crippen LogP contribution >= 0.6 is 0 Å². The van der Waals surface area contributed by atoms with Gasteiger partial charge in [0, 0.05) is 12.6 Å². The first kappa shape index (κ1) is 12.8. The molecule has 0 aliphatic heterocycles. The second kappa shape index (κ2) is 5.36. The second-order valence-corrected chi connectivity index (χ2v) is 4.36. The fourth-order valence-corrected chi connectivity index (χ4v) is 1.86. The molecular weight excluding hydrogens is 236 g/mol. The van der Waals surface area contributed by atoms with Crippen molar-refractivity contribution in [1.29, 1.82) is 5.26 Å². The third-order valence-corrected chi connectivity index (χ3v) is 2.99. The molecule has 0 N–H and O–H groups in total. The van der Waals surface area contributed by atoms with Crippen LogP contribution in [-0.4, -0.2) is 13.0 Å². The first-order chi connectivity index (χ1) is 9.13. The Kier molecular flexibility index (Phi) is 3.63. The number of benzene rings is 2. The van der Waals surface area contributed by atoms with E-state index in [2.05, 4.69) is 6.07 Å². The largest absolute Gasteiger partial charge is 0.310 e. The summed E-state index contributed by atoms with van der Waals surface area (Å²) in [5.41, 5.74) is 2.83. The summed E-state index contributed by atoms with van der Waals surface area (Å²) in [5.74, 6) is -0.122. The number of anilines is 1. The molecule has 0 bridgehead atoms. The molecule has 2 aromatic rings. The summed E-state index contributed by atoms with van der Waals surface area (Å²) in [7, 11) is 1.68. The number of rotatable bonds is 2. The minimum absolute atomic E-state index is 0.122. The van der Waals surface area contributed by atoms with E-state index in [0.29, 0.717) is 16.8 Å². The van der Waals surface area contributed by atoms with Crippen LogP contribution in [0.2, 0.25) is 0 Å². The highest BCUT2D eigenvalue weighted by atomic mass is 16.2. The normalized spacial score (nSPS) is 9.74. The predicted molar refractivity (Wildman–Crippen MR) is 75.1 cm³/mol. The van der Waals surface area contributed by atoms with Crippen molar-refractivity contribution in [3.63, 3.8) is 0 Å². The Labute approximate surface area is 112 Å². The highest BCUT2D eigenvalue weighted by molar-refractivity contribution is 6.06. The van der Waals surface area contributed by atoms with Crippen molar-refractivity contribution in [3.05, 3.63) is 65.2 Å². The molecule has 0 radical (unpaired) electrons. The molecule has 0 fully saturated rings. The van der Waals surface area contributed by atoms with Crippen LogP contribution in [0.15, 0.2) is 48.5 Å². The van der Waals surface area contributed by atoms with Gasteiger partial charge in [-0.2, -0.15) is 5.26 Å². The Morgan fingerprint density at radius 1 is 1.11 bits per heavy atom. The zero-order valence-corrected chi connectivity index (χ0v) is 10.9. The summed E-state index contributed by atoms with van der Waals surface area (Å²) < 4.78 is 0. The van der Waals surface area contributed by atoms with Gasteiger partial charge in [-0.25, -0.2) is 0 Å². The van der Waals surface area contributed by atoms with Crippen LogP contribution in [0.5, 0.6) is 0 Å². The van der Waals surface area contributed by atoms with Crippen LogP contribution in [0, 0.1) is 18.3 Å². The summed E-state index contributed by atoms with van der Waals surface area (Å²) >= 11 is 0. The number of nitrogens with zero attached hydrogens (tertiary/aromatic N) is 2. The van der Waals surface area contributed by atoms with Gasteiger partial charge in [0.2, 0.25) is 0 Å². The van der Waals surface area contributed by atoms with Gasteiger partial charge in [-0.15, -0.1) is 0 Å². The van der Waals surface area contributed by atoms with Gasteiger partial charge in [-0.05, 0) is 31.2 Å². The van der Waals surface area contributed by atoms with E-state index >= 15 is 0 Å². The van der Waals surface area contributed by atoms with Crippen molar-refractivity contribution in [1.82, 2.24) is 0 Å². The third kappa shape index (κ3) is 2.63. The van der Waals surface area contributed by atoms with Gasteiger partial charge >= 0.3 is 0 Å². The van der Waals surface area contributed by atoms with Crippen molar-refractivity contribution in [3.8, 4) is 6.07 Å². The van der Waals surface area contributed by atoms with Crippen molar-refractivity contribution in [2.75, 3.05) is 11.9 Å². The molecule has 1 amide bonds. The summed E-state index contributed by atoms with van der Waals surface area (Å²) in [5, 5.41) is 9.07. The molecule has 3 nitrogen and oxygen atoms in total. The fraction of sp³-hybridized carbons (Fsp3) is 0.125. The van der Waals surface area contributed by atoms with Crippen molar-refractivity contribution >= 4 is 11.6 Å². The third-order valence-electron chi connectivity index (χ3n) is 2.99. The lowest BCUT2D eigenvalue weighted by Gasteiger charge is -2.18. The standard InChI is InChI=1S/C16H14N2O/c1-12-7-9-13(10-8-12)16(19)18(2)15-6-4-3-5-14(15)11-17/h3-10H,1-2H3. The van der Waals surface area contributed by atoms with Crippen molar-refractivity contribution < 1.29 is 4.79 Å². The number of carbonyl (C=O) groups excluding carboxylic acids is 1. The number of amides is 1. The highest BCUT2D eigenvalue weighted by Crippen LogP contribution is 2.20. The number of carbonyl (C=O) groups is 1. The number of aryl methyl sites for hydroxylation is 1. The minimum atomic E-state index is -0.122. The number of hydrogen-bond donors (Lipinski definition) is 0. The average Bonchev–Trinajstić information content (AvgIpc) is 2.46. The molecule has 0 spiro atoms. The maximum absolute atomic E-state index is 12.3. The van der Waals surface area contributed by atoms with Gasteiger partial charge in [0.05, 0.1) is 11.3 Å². The lowest BCUT2D eigenvalue weighted by molar-refractivity contribution is 0.0993. The van der Waals surface area contributed by atoms with E-state index in [9.17, 15) is 4.79 Å². The van der Waals surface area contributed by atoms with Crippen LogP contribution in [0.3, 0.4) is 0 Å². The Morgan fingerprint density at radius 2 is 1.74 bits per heavy atom. The summed E-state index contributed by atoms with van der Waals surface area (Å²) in [6.07, 6.45) is 0. The maximum atomic E-state index is 12.3. The Balaban J connectivity index is 2.34. The Morgan fingerprint density at radius 3 is 2.37 bits per heavy atom. The monoisotopic (exact) mass is 250 g/mol. The summed E-state index contributed by atoms with van der Waals surface area (Å²) in [6, 6.07) is 16.6. The van der Waals surface area contributed by atoms with Gasteiger partial charge in [0.15, 0.2) is 0 Å². The number of hydrogen-bond acceptors (Lipinski definition) is 2. The molecule has 94 valence electrons. The lowest BCUT2D eigenvalue weighted by atomic mass is 10.1. The van der Waals surface area contributed by atoms with Gasteiger partial charge in [0.1, 0.15) is 6.07 Å². The molecular formula is C16H14N2O. The lowest BCUT2D eigenvalue weighted by Crippen LogP contribution is -2.26. The first-order valence-corrected chi connectivity index (χ1v) is 5.97. The molecule has 0 aliphatic carbocycles. The van der Waals surface area contributed by atoms with E-state index in [1.165, 1.54) is 4.90 Å². The average molecular weight is 250 g/mol. The summed E-state index contributed by atoms with van der Waals surface area (Å²) in [4.78, 5) is 13.8. The zero-order chi connectivity index (χ0) is 13.8. The predicted octanol–water partition coefficient (Wildman–Crippen LogP) is 3.14. The molecule has 2 aromatic carbocycles. The molecule has 0 atom stereocenters. The van der Waals surface area contributed by atoms with Crippen LogP contribution in [0.4, 0.5) is 5.69 Å². The van der Waals surface area contributed by atoms with E-state index in [-0.39, 0.29) is 5.91 Å². The second-order valence-electron chi connectivity index (χ2n) is 4.36. The molecule has 0 saturated heterocycles. The molecule has 3 heteroatoms. The maximum Gasteiger partial charge on any atom is 0.258 e. The van der Waals surface area contributed by atoms with E-state index in [4.69, 9.17) is 5.26 Å². The van der Waals surface area contributed by atoms with E-state index < -0.39 is 0 Å². The Hall–Kier alpha value is -2.60. The molecule has 19 heavy (non-hydrogen) atoms. The fourth-order valence-electron chi connectivity index (χ4n) is 1.86. The zero-order valence-electron chi connectivity index (χ0n) is 10.9. The van der Waals surface area contributed by atoms with Gasteiger partial charge < -0.3 is 4.90 Å². The molecule has 0 aromatic heterocycles. The molecule has 0 heterocycles. The van der Waals surface area contributed by atoms with Crippen LogP contribution in [-0.2, 0) is 0 Å². The molecule has 0 unspecified atom stereocenters. The van der Waals surface area contributed by atoms with E-state index in [1.54, 1.807) is 37.4 Å². The molecule has 0 aliphatic rings. The van der Waals surface area contributed by atoms with Gasteiger partial charge in [-0.3, -0.25) is 4.79 Å². The van der Waals surface area contributed by atoms with E-state index in [0.717, 1.165) is 5.56 Å². The first-order valence-electron chi connectivity index (χ1n) is 5.97. The van der Waals surface area contributed by atoms with Crippen LogP contribution < -0.4 is 4.90 Å². The Bertz CT molecular complexity index is 639. The van der Waals surface area contributed by atoms with E-state index in [1.807, 2.05) is 25.1 Å². The van der Waals surface area contributed by atoms with Crippen LogP contribution in [0.25, 0.3) is 0 Å². The molecule has 0 saturated carbocycles. The summed E-state index contributed by atoms with van der Waals surface area (Å²) in [6.45, 7) is 1.98. The van der Waals surface area contributed by atoms with Crippen LogP contribution in [0.1, 0.15) is 21.5 Å². The highest BCUT2D eigenvalue weighted by Gasteiger charge is 2.15. The molecule has 2 rings (SSSR count).